The Bertz CT molecular complexity index is 1240. The average Bonchev–Trinajstić information content (AvgIpc) is 2.69. The number of carboxylic acids is 1. The molecule has 0 unspecified atom stereocenters. The lowest BCUT2D eigenvalue weighted by atomic mass is 10.1. The molecular formula is C23H15ClNO3-. The van der Waals surface area contributed by atoms with Crippen LogP contribution in [-0.2, 0) is 0 Å². The van der Waals surface area contributed by atoms with Gasteiger partial charge in [-0.05, 0) is 61.0 Å². The summed E-state index contributed by atoms with van der Waals surface area (Å²) in [7, 11) is 0. The van der Waals surface area contributed by atoms with E-state index >= 15 is 0 Å². The van der Waals surface area contributed by atoms with Gasteiger partial charge in [0.15, 0.2) is 0 Å². The zero-order valence-corrected chi connectivity index (χ0v) is 15.7. The Morgan fingerprint density at radius 1 is 0.964 bits per heavy atom. The van der Waals surface area contributed by atoms with E-state index in [-0.39, 0.29) is 5.56 Å². The van der Waals surface area contributed by atoms with Crippen molar-refractivity contribution in [2.75, 3.05) is 0 Å². The highest BCUT2D eigenvalue weighted by molar-refractivity contribution is 6.30. The summed E-state index contributed by atoms with van der Waals surface area (Å²) >= 11 is 5.99. The van der Waals surface area contributed by atoms with E-state index < -0.39 is 5.97 Å². The molecule has 0 fully saturated rings. The van der Waals surface area contributed by atoms with Gasteiger partial charge in [-0.2, -0.15) is 0 Å². The number of nitrogens with zero attached hydrogens (tertiary/aromatic N) is 1. The number of benzene rings is 3. The van der Waals surface area contributed by atoms with Crippen molar-refractivity contribution in [1.29, 1.82) is 0 Å². The fourth-order valence-electron chi connectivity index (χ4n) is 2.94. The Kier molecular flexibility index (Phi) is 4.72. The van der Waals surface area contributed by atoms with Crippen molar-refractivity contribution in [3.8, 4) is 11.3 Å². The maximum absolute atomic E-state index is 10.9. The molecule has 1 heterocycles. The number of fused-ring (bicyclic) bond motifs is 1. The highest BCUT2D eigenvalue weighted by Crippen LogP contribution is 2.25. The Hall–Kier alpha value is -3.37. The van der Waals surface area contributed by atoms with Gasteiger partial charge in [0.05, 0.1) is 17.0 Å². The first-order valence-electron chi connectivity index (χ1n) is 8.66. The maximum Gasteiger partial charge on any atom is 0.136 e. The third-order valence-electron chi connectivity index (χ3n) is 4.38. The third-order valence-corrected chi connectivity index (χ3v) is 4.63. The quantitative estimate of drug-likeness (QED) is 0.512. The van der Waals surface area contributed by atoms with Crippen molar-refractivity contribution in [2.24, 2.45) is 4.99 Å². The van der Waals surface area contributed by atoms with E-state index in [0.717, 1.165) is 21.9 Å². The van der Waals surface area contributed by atoms with Gasteiger partial charge in [-0.15, -0.1) is 0 Å². The second kappa shape index (κ2) is 7.33. The molecule has 3 aromatic carbocycles. The van der Waals surface area contributed by atoms with Gasteiger partial charge in [0.1, 0.15) is 11.3 Å². The fraction of sp³-hybridized carbons (Fsp3) is 0.0435. The van der Waals surface area contributed by atoms with Crippen LogP contribution >= 0.6 is 11.6 Å². The Morgan fingerprint density at radius 3 is 2.36 bits per heavy atom. The number of aryl methyl sites for hydroxylation is 1. The molecule has 0 bridgehead atoms. The van der Waals surface area contributed by atoms with Crippen LogP contribution in [0.4, 0.5) is 5.69 Å². The fourth-order valence-corrected chi connectivity index (χ4v) is 3.07. The number of carbonyl (C=O) groups is 1. The summed E-state index contributed by atoms with van der Waals surface area (Å²) in [6.45, 7) is 2.00. The van der Waals surface area contributed by atoms with Crippen LogP contribution in [-0.4, -0.2) is 5.97 Å². The Morgan fingerprint density at radius 2 is 1.68 bits per heavy atom. The largest absolute Gasteiger partial charge is 0.545 e. The normalized spacial score (nSPS) is 11.7. The lowest BCUT2D eigenvalue weighted by Gasteiger charge is -2.06. The molecule has 4 nitrogen and oxygen atoms in total. The van der Waals surface area contributed by atoms with Crippen LogP contribution in [0.15, 0.2) is 82.2 Å². The zero-order valence-electron chi connectivity index (χ0n) is 15.0. The molecule has 0 aliphatic carbocycles. The van der Waals surface area contributed by atoms with Crippen LogP contribution in [0.2, 0.25) is 5.02 Å². The van der Waals surface area contributed by atoms with Crippen molar-refractivity contribution in [3.05, 3.63) is 94.3 Å². The van der Waals surface area contributed by atoms with Crippen LogP contribution in [0.5, 0.6) is 0 Å². The number of halogens is 1. The molecule has 138 valence electrons. The van der Waals surface area contributed by atoms with Gasteiger partial charge in [-0.3, -0.25) is 0 Å². The van der Waals surface area contributed by atoms with E-state index in [1.54, 1.807) is 24.3 Å². The lowest BCUT2D eigenvalue weighted by Crippen LogP contribution is -2.21. The third kappa shape index (κ3) is 3.68. The molecule has 4 aromatic rings. The molecule has 0 aliphatic heterocycles. The summed E-state index contributed by atoms with van der Waals surface area (Å²) in [6.07, 6.45) is 0. The smallest absolute Gasteiger partial charge is 0.136 e. The minimum atomic E-state index is -1.21. The molecule has 0 spiro atoms. The van der Waals surface area contributed by atoms with Crippen LogP contribution in [0.3, 0.4) is 0 Å². The van der Waals surface area contributed by atoms with Gasteiger partial charge >= 0.3 is 0 Å². The van der Waals surface area contributed by atoms with Gasteiger partial charge in [0.2, 0.25) is 0 Å². The topological polar surface area (TPSA) is 65.6 Å². The minimum Gasteiger partial charge on any atom is -0.545 e. The number of carbonyl (C=O) groups excluding carboxylic acids is 1. The van der Waals surface area contributed by atoms with Crippen LogP contribution in [0.25, 0.3) is 22.3 Å². The molecule has 0 N–H and O–H groups in total. The van der Waals surface area contributed by atoms with E-state index in [2.05, 4.69) is 0 Å². The molecule has 4 rings (SSSR count). The van der Waals surface area contributed by atoms with E-state index in [1.807, 2.05) is 43.3 Å². The standard InChI is InChI=1S/C23H16ClNO3/c1-14-2-11-21-19(12-14)20(25-18-9-5-16(6-10-18)23(26)27)13-22(28-21)15-3-7-17(24)8-4-15/h2-13H,1H3,(H,26,27)/p-1. The molecule has 28 heavy (non-hydrogen) atoms. The van der Waals surface area contributed by atoms with Crippen molar-refractivity contribution >= 4 is 34.2 Å². The van der Waals surface area contributed by atoms with Crippen LogP contribution in [0, 0.1) is 6.92 Å². The monoisotopic (exact) mass is 388 g/mol. The van der Waals surface area contributed by atoms with Gasteiger partial charge < -0.3 is 14.3 Å². The molecule has 0 saturated carbocycles. The van der Waals surface area contributed by atoms with E-state index in [4.69, 9.17) is 21.0 Å². The first-order chi connectivity index (χ1) is 13.5. The van der Waals surface area contributed by atoms with Gasteiger partial charge in [-0.1, -0.05) is 35.4 Å². The average molecular weight is 389 g/mol. The molecule has 0 radical (unpaired) electrons. The summed E-state index contributed by atoms with van der Waals surface area (Å²) in [5.41, 5.74) is 3.44. The second-order valence-electron chi connectivity index (χ2n) is 6.45. The molecule has 1 aromatic heterocycles. The number of hydrogen-bond acceptors (Lipinski definition) is 4. The summed E-state index contributed by atoms with van der Waals surface area (Å²) in [4.78, 5) is 15.7. The van der Waals surface area contributed by atoms with E-state index in [9.17, 15) is 9.90 Å². The summed E-state index contributed by atoms with van der Waals surface area (Å²) in [5, 5.41) is 13.2. The number of aromatic carboxylic acids is 1. The molecule has 0 aliphatic rings. The van der Waals surface area contributed by atoms with E-state index in [0.29, 0.717) is 22.1 Å². The maximum atomic E-state index is 10.9. The minimum absolute atomic E-state index is 0.115. The Labute approximate surface area is 166 Å². The first-order valence-corrected chi connectivity index (χ1v) is 9.04. The summed E-state index contributed by atoms with van der Waals surface area (Å²) in [6, 6.07) is 21.4. The van der Waals surface area contributed by atoms with Gasteiger partial charge in [0, 0.05) is 22.0 Å². The van der Waals surface area contributed by atoms with Crippen molar-refractivity contribution in [2.45, 2.75) is 6.92 Å². The highest BCUT2D eigenvalue weighted by atomic mass is 35.5. The number of hydrogen-bond donors (Lipinski definition) is 0. The predicted molar refractivity (Wildman–Crippen MR) is 107 cm³/mol. The lowest BCUT2D eigenvalue weighted by molar-refractivity contribution is -0.255. The number of rotatable bonds is 3. The van der Waals surface area contributed by atoms with Gasteiger partial charge in [-0.25, -0.2) is 4.99 Å². The summed E-state index contributed by atoms with van der Waals surface area (Å²) < 4.78 is 6.08. The van der Waals surface area contributed by atoms with Crippen molar-refractivity contribution in [3.63, 3.8) is 0 Å². The molecule has 5 heteroatoms. The summed E-state index contributed by atoms with van der Waals surface area (Å²) in [5.74, 6) is -0.547. The van der Waals surface area contributed by atoms with Crippen LogP contribution < -0.4 is 10.5 Å². The zero-order chi connectivity index (χ0) is 19.7. The molecule has 0 atom stereocenters. The first kappa shape index (κ1) is 18.0. The van der Waals surface area contributed by atoms with Crippen molar-refractivity contribution < 1.29 is 14.3 Å². The van der Waals surface area contributed by atoms with E-state index in [1.165, 1.54) is 12.1 Å². The van der Waals surface area contributed by atoms with Crippen molar-refractivity contribution in [1.82, 2.24) is 0 Å². The number of carboxylic acid groups (broad SMARTS) is 1. The molecule has 0 saturated heterocycles. The Balaban J connectivity index is 1.93. The second-order valence-corrected chi connectivity index (χ2v) is 6.88. The van der Waals surface area contributed by atoms with Crippen LogP contribution in [0.1, 0.15) is 15.9 Å². The predicted octanol–water partition coefficient (Wildman–Crippen LogP) is 4.66. The highest BCUT2D eigenvalue weighted by Gasteiger charge is 2.07. The molecule has 0 amide bonds. The SMILES string of the molecule is Cc1ccc2oc(-c3ccc(Cl)cc3)cc(=Nc3ccc(C(=O)[O-])cc3)c2c1. The van der Waals surface area contributed by atoms with Gasteiger partial charge in [0.25, 0.3) is 0 Å². The molecular weight excluding hydrogens is 374 g/mol.